The average molecular weight is 298 g/mol. The standard InChI is InChI=1S/C11H14N4O4S/c1-5-9(11(16)17)8(4-12-5)15-20(18,19)10-6(2)13-14-7(10)3/h4,12,15H,1-3H3,(H,13,14)(H,16,17). The van der Waals surface area contributed by atoms with Crippen molar-refractivity contribution in [3.63, 3.8) is 0 Å². The van der Waals surface area contributed by atoms with Crippen molar-refractivity contribution in [2.24, 2.45) is 0 Å². The first kappa shape index (κ1) is 14.1. The zero-order valence-electron chi connectivity index (χ0n) is 11.1. The number of aromatic nitrogens is 3. The second-order valence-electron chi connectivity index (χ2n) is 4.38. The molecule has 4 N–H and O–H groups in total. The highest BCUT2D eigenvalue weighted by Crippen LogP contribution is 2.24. The number of nitrogens with zero attached hydrogens (tertiary/aromatic N) is 1. The van der Waals surface area contributed by atoms with Crippen LogP contribution in [0.1, 0.15) is 27.4 Å². The molecule has 2 aromatic rings. The first-order chi connectivity index (χ1) is 9.24. The molecule has 20 heavy (non-hydrogen) atoms. The third-order valence-electron chi connectivity index (χ3n) is 2.86. The highest BCUT2D eigenvalue weighted by atomic mass is 32.2. The van der Waals surface area contributed by atoms with Gasteiger partial charge in [-0.05, 0) is 20.8 Å². The molecule has 0 aliphatic carbocycles. The molecular formula is C11H14N4O4S. The van der Waals surface area contributed by atoms with Gasteiger partial charge in [0.05, 0.1) is 17.1 Å². The number of H-pyrrole nitrogens is 2. The van der Waals surface area contributed by atoms with E-state index in [9.17, 15) is 13.2 Å². The highest BCUT2D eigenvalue weighted by molar-refractivity contribution is 7.92. The number of anilines is 1. The first-order valence-electron chi connectivity index (χ1n) is 5.69. The molecule has 2 heterocycles. The Morgan fingerprint density at radius 3 is 2.45 bits per heavy atom. The molecule has 2 aromatic heterocycles. The maximum atomic E-state index is 12.3. The molecule has 0 bridgehead atoms. The van der Waals surface area contributed by atoms with Crippen LogP contribution in [-0.2, 0) is 10.0 Å². The minimum Gasteiger partial charge on any atom is -0.478 e. The van der Waals surface area contributed by atoms with E-state index in [2.05, 4.69) is 19.9 Å². The third kappa shape index (κ3) is 2.27. The molecule has 0 amide bonds. The fourth-order valence-corrected chi connectivity index (χ4v) is 3.45. The summed E-state index contributed by atoms with van der Waals surface area (Å²) < 4.78 is 26.9. The number of rotatable bonds is 4. The molecule has 0 spiro atoms. The number of aryl methyl sites for hydroxylation is 3. The molecule has 0 saturated carbocycles. The van der Waals surface area contributed by atoms with Gasteiger partial charge < -0.3 is 10.1 Å². The number of nitrogens with one attached hydrogen (secondary N) is 3. The lowest BCUT2D eigenvalue weighted by Crippen LogP contribution is -2.16. The predicted molar refractivity (Wildman–Crippen MR) is 71.4 cm³/mol. The van der Waals surface area contributed by atoms with Crippen molar-refractivity contribution in [2.75, 3.05) is 4.72 Å². The van der Waals surface area contributed by atoms with Crippen LogP contribution in [0.4, 0.5) is 5.69 Å². The van der Waals surface area contributed by atoms with Crippen LogP contribution >= 0.6 is 0 Å². The maximum Gasteiger partial charge on any atom is 0.339 e. The van der Waals surface area contributed by atoms with E-state index in [0.717, 1.165) is 0 Å². The summed E-state index contributed by atoms with van der Waals surface area (Å²) in [6.07, 6.45) is 1.31. The Balaban J connectivity index is 2.47. The molecule has 9 heteroatoms. The second kappa shape index (κ2) is 4.67. The molecule has 0 radical (unpaired) electrons. The number of aromatic amines is 2. The van der Waals surface area contributed by atoms with Crippen LogP contribution in [0.15, 0.2) is 11.1 Å². The van der Waals surface area contributed by atoms with Crippen LogP contribution < -0.4 is 4.72 Å². The van der Waals surface area contributed by atoms with Gasteiger partial charge in [-0.2, -0.15) is 5.10 Å². The Kier molecular flexibility index (Phi) is 3.30. The van der Waals surface area contributed by atoms with Gasteiger partial charge in [-0.1, -0.05) is 0 Å². The molecule has 0 aliphatic rings. The fourth-order valence-electron chi connectivity index (χ4n) is 2.02. The van der Waals surface area contributed by atoms with Crippen molar-refractivity contribution < 1.29 is 18.3 Å². The average Bonchev–Trinajstić information content (AvgIpc) is 2.82. The highest BCUT2D eigenvalue weighted by Gasteiger charge is 2.25. The summed E-state index contributed by atoms with van der Waals surface area (Å²) in [5.74, 6) is -1.21. The molecule has 0 aromatic carbocycles. The number of hydrogen-bond donors (Lipinski definition) is 4. The summed E-state index contributed by atoms with van der Waals surface area (Å²) in [6, 6.07) is 0. The molecular weight excluding hydrogens is 284 g/mol. The summed E-state index contributed by atoms with van der Waals surface area (Å²) in [5.41, 5.74) is 0.969. The molecule has 2 rings (SSSR count). The molecule has 0 saturated heterocycles. The van der Waals surface area contributed by atoms with Gasteiger partial charge in [-0.15, -0.1) is 0 Å². The van der Waals surface area contributed by atoms with Crippen molar-refractivity contribution in [1.29, 1.82) is 0 Å². The van der Waals surface area contributed by atoms with Crippen LogP contribution in [0.3, 0.4) is 0 Å². The molecule has 0 aliphatic heterocycles. The normalized spacial score (nSPS) is 11.6. The van der Waals surface area contributed by atoms with E-state index in [0.29, 0.717) is 17.1 Å². The smallest absolute Gasteiger partial charge is 0.339 e. The van der Waals surface area contributed by atoms with Crippen LogP contribution in [0.2, 0.25) is 0 Å². The molecule has 0 unspecified atom stereocenters. The zero-order valence-corrected chi connectivity index (χ0v) is 11.9. The summed E-state index contributed by atoms with van der Waals surface area (Å²) in [5, 5.41) is 15.5. The van der Waals surface area contributed by atoms with E-state index < -0.39 is 16.0 Å². The van der Waals surface area contributed by atoms with Gasteiger partial charge in [0.1, 0.15) is 10.5 Å². The number of carbonyl (C=O) groups is 1. The van der Waals surface area contributed by atoms with Gasteiger partial charge in [0.2, 0.25) is 0 Å². The SMILES string of the molecule is Cc1n[nH]c(C)c1S(=O)(=O)Nc1c[nH]c(C)c1C(=O)O. The summed E-state index contributed by atoms with van der Waals surface area (Å²) in [7, 11) is -3.90. The lowest BCUT2D eigenvalue weighted by atomic mass is 10.2. The Hall–Kier alpha value is -2.29. The van der Waals surface area contributed by atoms with Crippen molar-refractivity contribution in [3.8, 4) is 0 Å². The predicted octanol–water partition coefficient (Wildman–Crippen LogP) is 1.16. The first-order valence-corrected chi connectivity index (χ1v) is 7.18. The number of aromatic carboxylic acids is 1. The summed E-state index contributed by atoms with van der Waals surface area (Å²) >= 11 is 0. The minimum absolute atomic E-state index is 0.00463. The summed E-state index contributed by atoms with van der Waals surface area (Å²) in [4.78, 5) is 13.8. The molecule has 108 valence electrons. The van der Waals surface area contributed by atoms with E-state index in [4.69, 9.17) is 5.11 Å². The zero-order chi connectivity index (χ0) is 15.1. The van der Waals surface area contributed by atoms with Gasteiger partial charge in [0, 0.05) is 11.9 Å². The van der Waals surface area contributed by atoms with Gasteiger partial charge >= 0.3 is 5.97 Å². The molecule has 0 fully saturated rings. The topological polar surface area (TPSA) is 128 Å². The van der Waals surface area contributed by atoms with E-state index >= 15 is 0 Å². The van der Waals surface area contributed by atoms with Crippen LogP contribution in [0.5, 0.6) is 0 Å². The number of carboxylic acids is 1. The fraction of sp³-hybridized carbons (Fsp3) is 0.273. The van der Waals surface area contributed by atoms with Crippen molar-refractivity contribution in [1.82, 2.24) is 15.2 Å². The van der Waals surface area contributed by atoms with Crippen molar-refractivity contribution >= 4 is 21.7 Å². The Morgan fingerprint density at radius 2 is 1.95 bits per heavy atom. The molecule has 0 atom stereocenters. The van der Waals surface area contributed by atoms with Crippen molar-refractivity contribution in [2.45, 2.75) is 25.7 Å². The Bertz CT molecular complexity index is 753. The minimum atomic E-state index is -3.90. The lowest BCUT2D eigenvalue weighted by Gasteiger charge is -2.07. The Morgan fingerprint density at radius 1 is 1.30 bits per heavy atom. The largest absolute Gasteiger partial charge is 0.478 e. The van der Waals surface area contributed by atoms with Gasteiger partial charge in [0.25, 0.3) is 10.0 Å². The van der Waals surface area contributed by atoms with E-state index in [1.54, 1.807) is 20.8 Å². The third-order valence-corrected chi connectivity index (χ3v) is 4.49. The van der Waals surface area contributed by atoms with Crippen molar-refractivity contribution in [3.05, 3.63) is 28.8 Å². The monoisotopic (exact) mass is 298 g/mol. The second-order valence-corrected chi connectivity index (χ2v) is 6.00. The number of carboxylic acid groups (broad SMARTS) is 1. The van der Waals surface area contributed by atoms with Crippen LogP contribution in [-0.4, -0.2) is 34.7 Å². The van der Waals surface area contributed by atoms with Gasteiger partial charge in [-0.3, -0.25) is 9.82 Å². The lowest BCUT2D eigenvalue weighted by molar-refractivity contribution is 0.0697. The Labute approximate surface area is 115 Å². The van der Waals surface area contributed by atoms with Crippen LogP contribution in [0.25, 0.3) is 0 Å². The van der Waals surface area contributed by atoms with Crippen LogP contribution in [0, 0.1) is 20.8 Å². The quantitative estimate of drug-likeness (QED) is 0.673. The van der Waals surface area contributed by atoms with Gasteiger partial charge in [-0.25, -0.2) is 13.2 Å². The summed E-state index contributed by atoms with van der Waals surface area (Å²) in [6.45, 7) is 4.68. The van der Waals surface area contributed by atoms with E-state index in [1.165, 1.54) is 6.20 Å². The number of sulfonamides is 1. The van der Waals surface area contributed by atoms with E-state index in [-0.39, 0.29) is 16.1 Å². The number of hydrogen-bond acceptors (Lipinski definition) is 4. The molecule has 8 nitrogen and oxygen atoms in total. The van der Waals surface area contributed by atoms with E-state index in [1.807, 2.05) is 0 Å². The van der Waals surface area contributed by atoms with Gasteiger partial charge in [0.15, 0.2) is 0 Å². The maximum absolute atomic E-state index is 12.3.